The Balaban J connectivity index is 2.47. The summed E-state index contributed by atoms with van der Waals surface area (Å²) in [5.74, 6) is 0.300. The van der Waals surface area contributed by atoms with Gasteiger partial charge in [0.05, 0.1) is 4.88 Å². The van der Waals surface area contributed by atoms with Gasteiger partial charge in [0, 0.05) is 6.20 Å². The second-order valence-corrected chi connectivity index (χ2v) is 4.13. The summed E-state index contributed by atoms with van der Waals surface area (Å²) in [6.45, 7) is 1.86. The van der Waals surface area contributed by atoms with E-state index in [9.17, 15) is 5.11 Å². The molecule has 1 aromatic heterocycles. The number of hydrogen-bond donors (Lipinski definition) is 2. The van der Waals surface area contributed by atoms with Gasteiger partial charge >= 0.3 is 0 Å². The summed E-state index contributed by atoms with van der Waals surface area (Å²) < 4.78 is 0. The van der Waals surface area contributed by atoms with Crippen LogP contribution < -0.4 is 5.73 Å². The minimum absolute atomic E-state index is 0.300. The first-order valence-corrected chi connectivity index (χ1v) is 5.00. The van der Waals surface area contributed by atoms with E-state index in [1.165, 1.54) is 11.3 Å². The Morgan fingerprint density at radius 1 is 1.43 bits per heavy atom. The summed E-state index contributed by atoms with van der Waals surface area (Å²) in [6.07, 6.45) is 1.71. The molecule has 0 spiro atoms. The number of nitrogens with zero attached hydrogens (tertiary/aromatic N) is 1. The highest BCUT2D eigenvalue weighted by molar-refractivity contribution is 7.18. The Kier molecular flexibility index (Phi) is 2.13. The zero-order valence-electron chi connectivity index (χ0n) is 7.69. The van der Waals surface area contributed by atoms with Crippen molar-refractivity contribution in [3.63, 3.8) is 0 Å². The fraction of sp³-hybridized carbons (Fsp3) is 0.100. The van der Waals surface area contributed by atoms with Crippen LogP contribution in [-0.2, 0) is 0 Å². The van der Waals surface area contributed by atoms with Gasteiger partial charge in [0.2, 0.25) is 0 Å². The van der Waals surface area contributed by atoms with Gasteiger partial charge in [0.1, 0.15) is 5.75 Å². The van der Waals surface area contributed by atoms with E-state index in [2.05, 4.69) is 4.98 Å². The van der Waals surface area contributed by atoms with E-state index in [4.69, 9.17) is 5.73 Å². The molecule has 0 amide bonds. The molecule has 0 saturated heterocycles. The van der Waals surface area contributed by atoms with Crippen LogP contribution in [-0.4, -0.2) is 10.1 Å². The fourth-order valence-corrected chi connectivity index (χ4v) is 1.86. The molecule has 3 nitrogen and oxygen atoms in total. The van der Waals surface area contributed by atoms with Crippen LogP contribution in [0.3, 0.4) is 0 Å². The molecule has 0 aliphatic rings. The van der Waals surface area contributed by atoms with Gasteiger partial charge in [-0.3, -0.25) is 0 Å². The maximum atomic E-state index is 9.52. The number of thiazole rings is 1. The number of hydrogen-bond acceptors (Lipinski definition) is 4. The lowest BCUT2D eigenvalue weighted by Crippen LogP contribution is -1.77. The van der Waals surface area contributed by atoms with Crippen molar-refractivity contribution in [3.05, 3.63) is 30.0 Å². The second kappa shape index (κ2) is 3.31. The Labute approximate surface area is 85.8 Å². The Bertz CT molecular complexity index is 465. The molecule has 0 fully saturated rings. The van der Waals surface area contributed by atoms with E-state index in [0.29, 0.717) is 10.9 Å². The monoisotopic (exact) mass is 206 g/mol. The molecule has 2 aromatic rings. The summed E-state index contributed by atoms with van der Waals surface area (Å²) in [5.41, 5.74) is 7.34. The highest BCUT2D eigenvalue weighted by Crippen LogP contribution is 2.30. The van der Waals surface area contributed by atoms with Crippen LogP contribution in [0.2, 0.25) is 0 Å². The predicted molar refractivity (Wildman–Crippen MR) is 58.4 cm³/mol. The average molecular weight is 206 g/mol. The van der Waals surface area contributed by atoms with Gasteiger partial charge in [-0.25, -0.2) is 4.98 Å². The third kappa shape index (κ3) is 1.56. The maximum absolute atomic E-state index is 9.52. The molecule has 0 aliphatic heterocycles. The van der Waals surface area contributed by atoms with Gasteiger partial charge in [0.25, 0.3) is 0 Å². The normalized spacial score (nSPS) is 10.4. The first-order valence-electron chi connectivity index (χ1n) is 4.18. The summed E-state index contributed by atoms with van der Waals surface area (Å²) in [6, 6.07) is 5.55. The molecular weight excluding hydrogens is 196 g/mol. The van der Waals surface area contributed by atoms with Gasteiger partial charge in [0.15, 0.2) is 5.13 Å². The number of aromatic hydroxyl groups is 1. The van der Waals surface area contributed by atoms with Crippen molar-refractivity contribution < 1.29 is 5.11 Å². The van der Waals surface area contributed by atoms with Crippen molar-refractivity contribution in [1.82, 2.24) is 4.98 Å². The molecule has 0 atom stereocenters. The first kappa shape index (κ1) is 9.02. The maximum Gasteiger partial charge on any atom is 0.180 e. The summed E-state index contributed by atoms with van der Waals surface area (Å²) in [7, 11) is 0. The average Bonchev–Trinajstić information content (AvgIpc) is 2.57. The Morgan fingerprint density at radius 3 is 2.79 bits per heavy atom. The number of nitrogens with two attached hydrogens (primary N) is 1. The minimum Gasteiger partial charge on any atom is -0.508 e. The number of phenols is 1. The fourth-order valence-electron chi connectivity index (χ4n) is 1.18. The van der Waals surface area contributed by atoms with Crippen LogP contribution in [0.1, 0.15) is 5.56 Å². The smallest absolute Gasteiger partial charge is 0.180 e. The molecule has 1 aromatic carbocycles. The third-order valence-electron chi connectivity index (χ3n) is 2.02. The van der Waals surface area contributed by atoms with Crippen LogP contribution in [0.25, 0.3) is 10.4 Å². The second-order valence-electron chi connectivity index (χ2n) is 3.06. The summed E-state index contributed by atoms with van der Waals surface area (Å²) in [4.78, 5) is 4.93. The van der Waals surface area contributed by atoms with Crippen LogP contribution in [0, 0.1) is 6.92 Å². The van der Waals surface area contributed by atoms with Gasteiger partial charge in [-0.2, -0.15) is 0 Å². The SMILES string of the molecule is Cc1ccc(-c2cnc(N)s2)cc1O. The molecule has 2 rings (SSSR count). The molecule has 0 radical (unpaired) electrons. The number of nitrogen functional groups attached to an aromatic ring is 1. The quantitative estimate of drug-likeness (QED) is 0.753. The predicted octanol–water partition coefficient (Wildman–Crippen LogP) is 2.41. The Hall–Kier alpha value is -1.55. The van der Waals surface area contributed by atoms with E-state index in [1.54, 1.807) is 12.3 Å². The molecular formula is C10H10N2OS. The van der Waals surface area contributed by atoms with Crippen molar-refractivity contribution in [2.75, 3.05) is 5.73 Å². The number of benzene rings is 1. The first-order chi connectivity index (χ1) is 6.66. The number of aryl methyl sites for hydroxylation is 1. The van der Waals surface area contributed by atoms with Crippen LogP contribution >= 0.6 is 11.3 Å². The highest BCUT2D eigenvalue weighted by Gasteiger charge is 2.04. The molecule has 3 N–H and O–H groups in total. The zero-order valence-corrected chi connectivity index (χ0v) is 8.51. The van der Waals surface area contributed by atoms with E-state index in [1.807, 2.05) is 19.1 Å². The van der Waals surface area contributed by atoms with Crippen LogP contribution in [0.4, 0.5) is 5.13 Å². The number of anilines is 1. The van der Waals surface area contributed by atoms with Gasteiger partial charge in [-0.1, -0.05) is 23.5 Å². The van der Waals surface area contributed by atoms with Gasteiger partial charge < -0.3 is 10.8 Å². The minimum atomic E-state index is 0.300. The number of phenolic OH excluding ortho intramolecular Hbond substituents is 1. The number of rotatable bonds is 1. The zero-order chi connectivity index (χ0) is 10.1. The molecule has 4 heteroatoms. The number of aromatic nitrogens is 1. The summed E-state index contributed by atoms with van der Waals surface area (Å²) in [5, 5.41) is 10.1. The third-order valence-corrected chi connectivity index (χ3v) is 2.89. The molecule has 0 bridgehead atoms. The topological polar surface area (TPSA) is 59.1 Å². The lowest BCUT2D eigenvalue weighted by Gasteiger charge is -2.00. The standard InChI is InChI=1S/C10H10N2OS/c1-6-2-3-7(4-8(6)13)9-5-12-10(11)14-9/h2-5,13H,1H3,(H2,11,12). The van der Waals surface area contributed by atoms with E-state index >= 15 is 0 Å². The largest absolute Gasteiger partial charge is 0.508 e. The molecule has 14 heavy (non-hydrogen) atoms. The molecule has 72 valence electrons. The molecule has 1 heterocycles. The molecule has 0 saturated carbocycles. The molecule has 0 unspecified atom stereocenters. The van der Waals surface area contributed by atoms with Gasteiger partial charge in [-0.15, -0.1) is 0 Å². The lowest BCUT2D eigenvalue weighted by atomic mass is 10.1. The van der Waals surface area contributed by atoms with E-state index in [-0.39, 0.29) is 0 Å². The van der Waals surface area contributed by atoms with Crippen molar-refractivity contribution in [2.24, 2.45) is 0 Å². The van der Waals surface area contributed by atoms with E-state index < -0.39 is 0 Å². The van der Waals surface area contributed by atoms with E-state index in [0.717, 1.165) is 16.0 Å². The van der Waals surface area contributed by atoms with Crippen molar-refractivity contribution in [2.45, 2.75) is 6.92 Å². The van der Waals surface area contributed by atoms with Crippen molar-refractivity contribution >= 4 is 16.5 Å². The summed E-state index contributed by atoms with van der Waals surface area (Å²) >= 11 is 1.41. The molecule has 0 aliphatic carbocycles. The van der Waals surface area contributed by atoms with Crippen molar-refractivity contribution in [1.29, 1.82) is 0 Å². The van der Waals surface area contributed by atoms with Gasteiger partial charge in [-0.05, 0) is 24.1 Å². The van der Waals surface area contributed by atoms with Crippen LogP contribution in [0.15, 0.2) is 24.4 Å². The van der Waals surface area contributed by atoms with Crippen molar-refractivity contribution in [3.8, 4) is 16.2 Å². The Morgan fingerprint density at radius 2 is 2.21 bits per heavy atom. The van der Waals surface area contributed by atoms with Crippen LogP contribution in [0.5, 0.6) is 5.75 Å². The highest BCUT2D eigenvalue weighted by atomic mass is 32.1. The lowest BCUT2D eigenvalue weighted by molar-refractivity contribution is 0.471.